The minimum Gasteiger partial charge on any atom is -0.481 e. The van der Waals surface area contributed by atoms with Crippen molar-refractivity contribution in [3.63, 3.8) is 0 Å². The molecule has 0 aliphatic carbocycles. The van der Waals surface area contributed by atoms with Gasteiger partial charge in [0.05, 0.1) is 10.6 Å². The fraction of sp³-hybridized carbons (Fsp3) is 0.364. The van der Waals surface area contributed by atoms with Crippen LogP contribution in [0.15, 0.2) is 53.4 Å². The monoisotopic (exact) mass is 444 g/mol. The molecule has 0 atom stereocenters. The van der Waals surface area contributed by atoms with Crippen LogP contribution in [0.3, 0.4) is 0 Å². The summed E-state index contributed by atoms with van der Waals surface area (Å²) in [5.41, 5.74) is 2.56. The molecule has 1 amide bonds. The van der Waals surface area contributed by atoms with Crippen molar-refractivity contribution in [2.75, 3.05) is 18.0 Å². The molecule has 0 aromatic heterocycles. The Morgan fingerprint density at radius 1 is 1.06 bits per heavy atom. The van der Waals surface area contributed by atoms with Gasteiger partial charge in [0.2, 0.25) is 10.0 Å². The van der Waals surface area contributed by atoms with Crippen LogP contribution in [-0.4, -0.2) is 49.0 Å². The van der Waals surface area contributed by atoms with Crippen molar-refractivity contribution in [1.82, 2.24) is 4.31 Å². The number of carboxylic acid groups (broad SMARTS) is 1. The van der Waals surface area contributed by atoms with E-state index in [1.165, 1.54) is 16.4 Å². The molecule has 2 aromatic carbocycles. The zero-order valence-corrected chi connectivity index (χ0v) is 17.8. The normalized spacial score (nSPS) is 17.8. The number of ether oxygens (including phenoxy) is 1. The standard InChI is InChI=1S/C22H24N2O6S/c25-21(26)10-7-16-5-8-19(9-6-16)31(28,29)23-13-11-18(12-14-23)24-20-4-2-1-3-17(20)15-30-22(24)27/h1-6,8-9,18H,7,10-15H2,(H,25,26). The maximum absolute atomic E-state index is 13.0. The van der Waals surface area contributed by atoms with Gasteiger partial charge >= 0.3 is 12.1 Å². The number of carbonyl (C=O) groups is 2. The average molecular weight is 445 g/mol. The molecular weight excluding hydrogens is 420 g/mol. The molecule has 2 aromatic rings. The van der Waals surface area contributed by atoms with Crippen LogP contribution in [0.2, 0.25) is 0 Å². The highest BCUT2D eigenvalue weighted by Crippen LogP contribution is 2.32. The van der Waals surface area contributed by atoms with Gasteiger partial charge in [-0.25, -0.2) is 13.2 Å². The number of para-hydroxylation sites is 1. The van der Waals surface area contributed by atoms with Crippen molar-refractivity contribution in [3.05, 3.63) is 59.7 Å². The van der Waals surface area contributed by atoms with E-state index >= 15 is 0 Å². The fourth-order valence-electron chi connectivity index (χ4n) is 4.09. The highest BCUT2D eigenvalue weighted by Gasteiger charge is 2.36. The number of benzene rings is 2. The van der Waals surface area contributed by atoms with E-state index < -0.39 is 22.1 Å². The minimum absolute atomic E-state index is 0.00166. The van der Waals surface area contributed by atoms with Crippen LogP contribution in [0.1, 0.15) is 30.4 Å². The summed E-state index contributed by atoms with van der Waals surface area (Å²) >= 11 is 0. The quantitative estimate of drug-likeness (QED) is 0.735. The van der Waals surface area contributed by atoms with Crippen molar-refractivity contribution < 1.29 is 27.9 Å². The number of anilines is 1. The van der Waals surface area contributed by atoms with Crippen LogP contribution in [0.5, 0.6) is 0 Å². The Morgan fingerprint density at radius 3 is 2.42 bits per heavy atom. The molecule has 0 bridgehead atoms. The van der Waals surface area contributed by atoms with Gasteiger partial charge < -0.3 is 9.84 Å². The highest BCUT2D eigenvalue weighted by atomic mass is 32.2. The summed E-state index contributed by atoms with van der Waals surface area (Å²) in [7, 11) is -3.66. The van der Waals surface area contributed by atoms with E-state index in [0.29, 0.717) is 32.4 Å². The van der Waals surface area contributed by atoms with Crippen LogP contribution < -0.4 is 4.90 Å². The van der Waals surface area contributed by atoms with E-state index in [0.717, 1.165) is 16.8 Å². The van der Waals surface area contributed by atoms with E-state index in [9.17, 15) is 18.0 Å². The highest BCUT2D eigenvalue weighted by molar-refractivity contribution is 7.89. The second-order valence-corrected chi connectivity index (χ2v) is 9.66. The first kappa shape index (κ1) is 21.3. The third-order valence-corrected chi connectivity index (χ3v) is 7.69. The number of rotatable bonds is 6. The number of piperidine rings is 1. The van der Waals surface area contributed by atoms with Crippen molar-refractivity contribution in [3.8, 4) is 0 Å². The number of carbonyl (C=O) groups excluding carboxylic acids is 1. The first-order valence-corrected chi connectivity index (χ1v) is 11.6. The molecule has 2 heterocycles. The van der Waals surface area contributed by atoms with Gasteiger partial charge in [0.15, 0.2) is 0 Å². The van der Waals surface area contributed by atoms with Gasteiger partial charge in [-0.2, -0.15) is 4.31 Å². The number of hydrogen-bond donors (Lipinski definition) is 1. The zero-order chi connectivity index (χ0) is 22.0. The summed E-state index contributed by atoms with van der Waals surface area (Å²) in [5, 5.41) is 8.78. The van der Waals surface area contributed by atoms with Crippen LogP contribution in [0.25, 0.3) is 0 Å². The Bertz CT molecular complexity index is 1080. The summed E-state index contributed by atoms with van der Waals surface area (Å²) in [6, 6.07) is 13.8. The number of nitrogens with zero attached hydrogens (tertiary/aromatic N) is 2. The first-order chi connectivity index (χ1) is 14.9. The Balaban J connectivity index is 1.44. The molecule has 1 N–H and O–H groups in total. The summed E-state index contributed by atoms with van der Waals surface area (Å²) in [5.74, 6) is -0.889. The van der Waals surface area contributed by atoms with Crippen LogP contribution in [0, 0.1) is 0 Å². The Labute approximate surface area is 181 Å². The number of aryl methyl sites for hydroxylation is 1. The molecule has 2 aliphatic heterocycles. The third kappa shape index (κ3) is 4.42. The molecule has 8 nitrogen and oxygen atoms in total. The molecule has 0 radical (unpaired) electrons. The van der Waals surface area contributed by atoms with Crippen LogP contribution in [-0.2, 0) is 32.6 Å². The smallest absolute Gasteiger partial charge is 0.414 e. The van der Waals surface area contributed by atoms with Crippen molar-refractivity contribution in [2.24, 2.45) is 0 Å². The van der Waals surface area contributed by atoms with E-state index in [1.807, 2.05) is 24.3 Å². The maximum Gasteiger partial charge on any atom is 0.414 e. The predicted octanol–water partition coefficient (Wildman–Crippen LogP) is 3.01. The lowest BCUT2D eigenvalue weighted by Crippen LogP contribution is -2.50. The number of sulfonamides is 1. The van der Waals surface area contributed by atoms with Gasteiger partial charge in [0.25, 0.3) is 0 Å². The molecule has 2 aliphatic rings. The fourth-order valence-corrected chi connectivity index (χ4v) is 5.56. The topological polar surface area (TPSA) is 104 Å². The largest absolute Gasteiger partial charge is 0.481 e. The Hall–Kier alpha value is -2.91. The number of aliphatic carboxylic acids is 1. The second-order valence-electron chi connectivity index (χ2n) is 7.73. The first-order valence-electron chi connectivity index (χ1n) is 10.2. The molecule has 1 fully saturated rings. The number of fused-ring (bicyclic) bond motifs is 1. The molecule has 0 unspecified atom stereocenters. The van der Waals surface area contributed by atoms with Crippen LogP contribution in [0.4, 0.5) is 10.5 Å². The van der Waals surface area contributed by atoms with Crippen molar-refractivity contribution in [1.29, 1.82) is 0 Å². The van der Waals surface area contributed by atoms with Gasteiger partial charge in [-0.15, -0.1) is 0 Å². The molecule has 1 saturated heterocycles. The summed E-state index contributed by atoms with van der Waals surface area (Å²) in [6.07, 6.45) is 0.992. The van der Waals surface area contributed by atoms with Gasteiger partial charge in [0, 0.05) is 31.1 Å². The summed E-state index contributed by atoms with van der Waals surface area (Å²) in [6.45, 7) is 0.862. The number of amides is 1. The van der Waals surface area contributed by atoms with Gasteiger partial charge in [-0.1, -0.05) is 30.3 Å². The molecular formula is C22H24N2O6S. The molecule has 4 rings (SSSR count). The minimum atomic E-state index is -3.66. The SMILES string of the molecule is O=C(O)CCc1ccc(S(=O)(=O)N2CCC(N3C(=O)OCc4ccccc43)CC2)cc1. The summed E-state index contributed by atoms with van der Waals surface area (Å²) < 4.78 is 32.8. The zero-order valence-electron chi connectivity index (χ0n) is 16.9. The number of cyclic esters (lactones) is 1. The van der Waals surface area contributed by atoms with Crippen LogP contribution >= 0.6 is 0 Å². The van der Waals surface area contributed by atoms with E-state index in [-0.39, 0.29) is 24.0 Å². The summed E-state index contributed by atoms with van der Waals surface area (Å²) in [4.78, 5) is 25.0. The van der Waals surface area contributed by atoms with Gasteiger partial charge in [-0.3, -0.25) is 9.69 Å². The Kier molecular flexibility index (Phi) is 5.97. The second kappa shape index (κ2) is 8.68. The van der Waals surface area contributed by atoms with Crippen molar-refractivity contribution in [2.45, 2.75) is 43.2 Å². The van der Waals surface area contributed by atoms with E-state index in [1.54, 1.807) is 17.0 Å². The van der Waals surface area contributed by atoms with Gasteiger partial charge in [-0.05, 0) is 43.0 Å². The van der Waals surface area contributed by atoms with E-state index in [4.69, 9.17) is 9.84 Å². The Morgan fingerprint density at radius 2 is 1.74 bits per heavy atom. The predicted molar refractivity (Wildman–Crippen MR) is 113 cm³/mol. The maximum atomic E-state index is 13.0. The number of hydrogen-bond acceptors (Lipinski definition) is 5. The number of carboxylic acids is 1. The lowest BCUT2D eigenvalue weighted by atomic mass is 10.0. The lowest BCUT2D eigenvalue weighted by molar-refractivity contribution is -0.136. The lowest BCUT2D eigenvalue weighted by Gasteiger charge is -2.39. The molecule has 0 spiro atoms. The molecule has 31 heavy (non-hydrogen) atoms. The molecule has 164 valence electrons. The molecule has 9 heteroatoms. The van der Waals surface area contributed by atoms with Gasteiger partial charge in [0.1, 0.15) is 6.61 Å². The average Bonchev–Trinajstić information content (AvgIpc) is 2.78. The van der Waals surface area contributed by atoms with E-state index in [2.05, 4.69) is 0 Å². The van der Waals surface area contributed by atoms with Crippen molar-refractivity contribution >= 4 is 27.8 Å². The molecule has 0 saturated carbocycles. The third-order valence-electron chi connectivity index (χ3n) is 5.78.